The van der Waals surface area contributed by atoms with E-state index in [0.717, 1.165) is 0 Å². The Morgan fingerprint density at radius 1 is 0.882 bits per heavy atom. The summed E-state index contributed by atoms with van der Waals surface area (Å²) in [6.07, 6.45) is 3.37. The number of hydrogen-bond donors (Lipinski definition) is 2. The molecule has 0 aliphatic rings. The fraction of sp³-hybridized carbons (Fsp3) is 0.174. The molecule has 2 heterocycles. The van der Waals surface area contributed by atoms with Crippen LogP contribution in [0.4, 0.5) is 5.82 Å². The van der Waals surface area contributed by atoms with Crippen molar-refractivity contribution < 1.29 is 36.8 Å². The van der Waals surface area contributed by atoms with Gasteiger partial charge in [0, 0.05) is 24.4 Å². The molecule has 0 saturated carbocycles. The van der Waals surface area contributed by atoms with Crippen LogP contribution in [0.25, 0.3) is 0 Å². The topological polar surface area (TPSA) is 133 Å². The standard InChI is InChI=1S/C23H22N6O4.ClH/c30-21(31)12-16-28-14-6-4-10-19(28)24-26-23(18-8-2-1-3-9-18)27-25-20-11-5-7-15-29(20)17-13-22(32)33;/h1-11,14-15H,12-13,16-17H2,(H-,30,31,32,33);1H. The third kappa shape index (κ3) is 8.06. The van der Waals surface area contributed by atoms with Gasteiger partial charge in [0.05, 0.1) is 24.2 Å². The molecule has 176 valence electrons. The summed E-state index contributed by atoms with van der Waals surface area (Å²) >= 11 is 0. The molecule has 0 fully saturated rings. The summed E-state index contributed by atoms with van der Waals surface area (Å²) in [6.45, 7) is 0.501. The van der Waals surface area contributed by atoms with Gasteiger partial charge in [-0.15, -0.1) is 10.2 Å². The number of aliphatic carboxylic acids is 2. The average Bonchev–Trinajstić information content (AvgIpc) is 2.83. The van der Waals surface area contributed by atoms with Crippen LogP contribution in [0.1, 0.15) is 18.4 Å². The van der Waals surface area contributed by atoms with Crippen LogP contribution in [0.2, 0.25) is 0 Å². The minimum atomic E-state index is -0.904. The number of hydrogen-bond acceptors (Lipinski definition) is 5. The molecule has 3 rings (SSSR count). The summed E-state index contributed by atoms with van der Waals surface area (Å²) in [5.74, 6) is -1.09. The van der Waals surface area contributed by atoms with Crippen molar-refractivity contribution in [3.8, 4) is 0 Å². The van der Waals surface area contributed by atoms with Crippen molar-refractivity contribution in [2.24, 2.45) is 20.4 Å². The van der Waals surface area contributed by atoms with E-state index in [9.17, 15) is 9.59 Å². The number of pyridine rings is 2. The van der Waals surface area contributed by atoms with Crippen LogP contribution in [0.3, 0.4) is 0 Å². The zero-order valence-corrected chi connectivity index (χ0v) is 18.9. The van der Waals surface area contributed by atoms with E-state index >= 15 is 0 Å². The molecule has 34 heavy (non-hydrogen) atoms. The van der Waals surface area contributed by atoms with Gasteiger partial charge in [0.1, 0.15) is 6.54 Å². The largest absolute Gasteiger partial charge is 1.00 e. The lowest BCUT2D eigenvalue weighted by atomic mass is 10.2. The highest BCUT2D eigenvalue weighted by atomic mass is 35.5. The minimum absolute atomic E-state index is 0. The molecule has 0 amide bonds. The molecule has 2 N–H and O–H groups in total. The van der Waals surface area contributed by atoms with Gasteiger partial charge in [-0.05, 0) is 23.3 Å². The number of benzene rings is 1. The molecule has 2 aromatic heterocycles. The fourth-order valence-corrected chi connectivity index (χ4v) is 2.85. The van der Waals surface area contributed by atoms with E-state index in [-0.39, 0.29) is 44.2 Å². The Hall–Kier alpha value is -4.18. The summed E-state index contributed by atoms with van der Waals surface area (Å²) in [6, 6.07) is 19.8. The van der Waals surface area contributed by atoms with Crippen molar-refractivity contribution in [1.29, 1.82) is 0 Å². The van der Waals surface area contributed by atoms with Crippen molar-refractivity contribution in [2.75, 3.05) is 0 Å². The number of carboxylic acids is 2. The maximum atomic E-state index is 10.9. The van der Waals surface area contributed by atoms with Crippen molar-refractivity contribution in [2.45, 2.75) is 25.9 Å². The molecule has 0 unspecified atom stereocenters. The molecular weight excluding hydrogens is 460 g/mol. The number of azo groups is 1. The first-order valence-corrected chi connectivity index (χ1v) is 10.2. The number of amidine groups is 1. The minimum Gasteiger partial charge on any atom is -1.00 e. The molecular formula is C23H23ClN6O4. The molecule has 0 atom stereocenters. The SMILES string of the molecule is O=C(O)CCn1ccccc1=NN=C(N=Nc1cccc[n+]1CCC(=O)O)c1ccccc1.[Cl-]. The maximum Gasteiger partial charge on any atom is 0.350 e. The van der Waals surface area contributed by atoms with E-state index in [1.54, 1.807) is 57.9 Å². The quantitative estimate of drug-likeness (QED) is 0.143. The third-order valence-electron chi connectivity index (χ3n) is 4.49. The van der Waals surface area contributed by atoms with E-state index in [4.69, 9.17) is 10.2 Å². The lowest BCUT2D eigenvalue weighted by molar-refractivity contribution is -0.683. The smallest absolute Gasteiger partial charge is 0.350 e. The zero-order valence-electron chi connectivity index (χ0n) is 18.1. The first kappa shape index (κ1) is 26.1. The summed E-state index contributed by atoms with van der Waals surface area (Å²) in [5.41, 5.74) is 1.16. The van der Waals surface area contributed by atoms with Gasteiger partial charge in [-0.3, -0.25) is 9.59 Å². The number of carboxylic acid groups (broad SMARTS) is 2. The van der Waals surface area contributed by atoms with Gasteiger partial charge in [-0.1, -0.05) is 42.5 Å². The number of carbonyl (C=O) groups is 2. The van der Waals surface area contributed by atoms with Crippen molar-refractivity contribution in [3.63, 3.8) is 0 Å². The Kier molecular flexibility index (Phi) is 10.3. The second kappa shape index (κ2) is 13.4. The molecule has 0 saturated heterocycles. The number of nitrogens with zero attached hydrogens (tertiary/aromatic N) is 6. The Balaban J connectivity index is 0.00000408. The highest BCUT2D eigenvalue weighted by molar-refractivity contribution is 5.99. The Bertz CT molecular complexity index is 1240. The summed E-state index contributed by atoms with van der Waals surface area (Å²) in [5, 5.41) is 35.0. The van der Waals surface area contributed by atoms with Crippen molar-refractivity contribution in [1.82, 2.24) is 4.57 Å². The molecule has 0 aliphatic carbocycles. The highest BCUT2D eigenvalue weighted by Gasteiger charge is 2.12. The Morgan fingerprint density at radius 2 is 1.59 bits per heavy atom. The summed E-state index contributed by atoms with van der Waals surface area (Å²) in [7, 11) is 0. The number of halogens is 1. The average molecular weight is 483 g/mol. The molecule has 10 nitrogen and oxygen atoms in total. The van der Waals surface area contributed by atoms with Gasteiger partial charge >= 0.3 is 17.8 Å². The van der Waals surface area contributed by atoms with Crippen molar-refractivity contribution in [3.05, 3.63) is 90.2 Å². The third-order valence-corrected chi connectivity index (χ3v) is 4.49. The Labute approximate surface area is 201 Å². The summed E-state index contributed by atoms with van der Waals surface area (Å²) < 4.78 is 3.38. The van der Waals surface area contributed by atoms with Gasteiger partial charge in [-0.25, -0.2) is 4.57 Å². The normalized spacial score (nSPS) is 11.9. The first-order chi connectivity index (χ1) is 16.0. The van der Waals surface area contributed by atoms with Gasteiger partial charge in [0.2, 0.25) is 5.84 Å². The van der Waals surface area contributed by atoms with E-state index in [1.807, 2.05) is 30.3 Å². The first-order valence-electron chi connectivity index (χ1n) is 10.2. The number of aromatic nitrogens is 2. The van der Waals surface area contributed by atoms with E-state index in [0.29, 0.717) is 16.9 Å². The summed E-state index contributed by atoms with van der Waals surface area (Å²) in [4.78, 5) is 21.9. The maximum absolute atomic E-state index is 10.9. The van der Waals surface area contributed by atoms with Crippen LogP contribution >= 0.6 is 0 Å². The second-order valence-corrected chi connectivity index (χ2v) is 6.88. The lowest BCUT2D eigenvalue weighted by Gasteiger charge is -2.04. The van der Waals surface area contributed by atoms with Crippen LogP contribution in [0, 0.1) is 0 Å². The molecule has 11 heteroatoms. The molecule has 1 aromatic carbocycles. The van der Waals surface area contributed by atoms with E-state index < -0.39 is 11.9 Å². The van der Waals surface area contributed by atoms with Crippen molar-refractivity contribution >= 4 is 23.6 Å². The van der Waals surface area contributed by atoms with Gasteiger partial charge < -0.3 is 27.2 Å². The second-order valence-electron chi connectivity index (χ2n) is 6.88. The van der Waals surface area contributed by atoms with Gasteiger partial charge in [0.25, 0.3) is 0 Å². The van der Waals surface area contributed by atoms with E-state index in [2.05, 4.69) is 20.4 Å². The predicted molar refractivity (Wildman–Crippen MR) is 119 cm³/mol. The lowest BCUT2D eigenvalue weighted by Crippen LogP contribution is -3.00. The Morgan fingerprint density at radius 3 is 2.32 bits per heavy atom. The molecule has 3 aromatic rings. The van der Waals surface area contributed by atoms with Crippen LogP contribution in [-0.4, -0.2) is 32.6 Å². The van der Waals surface area contributed by atoms with Crippen LogP contribution in [0.5, 0.6) is 0 Å². The number of rotatable bonds is 9. The van der Waals surface area contributed by atoms with Crippen LogP contribution in [-0.2, 0) is 22.7 Å². The molecule has 0 radical (unpaired) electrons. The van der Waals surface area contributed by atoms with E-state index in [1.165, 1.54) is 0 Å². The van der Waals surface area contributed by atoms with Gasteiger partial charge in [0.15, 0.2) is 5.49 Å². The molecule has 0 spiro atoms. The monoisotopic (exact) mass is 482 g/mol. The van der Waals surface area contributed by atoms with Crippen LogP contribution < -0.4 is 22.5 Å². The fourth-order valence-electron chi connectivity index (χ4n) is 2.85. The number of aryl methyl sites for hydroxylation is 2. The molecule has 0 bridgehead atoms. The van der Waals surface area contributed by atoms with Gasteiger partial charge in [-0.2, -0.15) is 0 Å². The highest BCUT2D eigenvalue weighted by Crippen LogP contribution is 2.09. The van der Waals surface area contributed by atoms with Crippen LogP contribution in [0.15, 0.2) is 99.6 Å². The zero-order chi connectivity index (χ0) is 23.5. The predicted octanol–water partition coefficient (Wildman–Crippen LogP) is -0.225. The molecule has 0 aliphatic heterocycles.